The quantitative estimate of drug-likeness (QED) is 0.340. The summed E-state index contributed by atoms with van der Waals surface area (Å²) in [5.74, 6) is 1.29. The summed E-state index contributed by atoms with van der Waals surface area (Å²) in [5.41, 5.74) is 1.52. The highest BCUT2D eigenvalue weighted by Gasteiger charge is 2.29. The first-order chi connectivity index (χ1) is 18.3. The Balaban J connectivity index is 1.66. The number of hydrogen-bond acceptors (Lipinski definition) is 6. The number of sulfonamides is 2. The van der Waals surface area contributed by atoms with Gasteiger partial charge in [0.1, 0.15) is 11.5 Å². The molecule has 4 rings (SSSR count). The molecule has 3 aromatic rings. The van der Waals surface area contributed by atoms with Crippen molar-refractivity contribution >= 4 is 20.0 Å². The van der Waals surface area contributed by atoms with E-state index in [1.54, 1.807) is 19.2 Å². The summed E-state index contributed by atoms with van der Waals surface area (Å²) in [7, 11) is -6.08. The molecule has 0 aromatic heterocycles. The molecule has 8 nitrogen and oxygen atoms in total. The Morgan fingerprint density at radius 2 is 1.42 bits per heavy atom. The SMILES string of the molecule is CCOc1ccccc1CN(Cc1ccc(OC)cc1)S(=O)(=O)c1ccc(S(=O)(=O)N2CCCCC2)cc1. The minimum atomic E-state index is -3.99. The number of para-hydroxylation sites is 1. The van der Waals surface area contributed by atoms with Gasteiger partial charge in [-0.3, -0.25) is 0 Å². The minimum absolute atomic E-state index is 0.0255. The molecule has 1 saturated heterocycles. The summed E-state index contributed by atoms with van der Waals surface area (Å²) in [6.07, 6.45) is 2.67. The molecule has 0 spiro atoms. The second-order valence-corrected chi connectivity index (χ2v) is 13.0. The second kappa shape index (κ2) is 12.3. The third-order valence-electron chi connectivity index (χ3n) is 6.55. The third kappa shape index (κ3) is 6.37. The monoisotopic (exact) mass is 558 g/mol. The van der Waals surface area contributed by atoms with E-state index in [0.29, 0.717) is 31.2 Å². The summed E-state index contributed by atoms with van der Waals surface area (Å²) < 4.78 is 67.7. The first-order valence-electron chi connectivity index (χ1n) is 12.7. The predicted molar refractivity (Wildman–Crippen MR) is 146 cm³/mol. The maximum absolute atomic E-state index is 13.9. The maximum Gasteiger partial charge on any atom is 0.243 e. The molecular formula is C28H34N2O6S2. The smallest absolute Gasteiger partial charge is 0.243 e. The van der Waals surface area contributed by atoms with Crippen LogP contribution >= 0.6 is 0 Å². The minimum Gasteiger partial charge on any atom is -0.497 e. The molecule has 0 N–H and O–H groups in total. The number of ether oxygens (including phenoxy) is 2. The van der Waals surface area contributed by atoms with Crippen LogP contribution in [0.5, 0.6) is 11.5 Å². The lowest BCUT2D eigenvalue weighted by molar-refractivity contribution is 0.327. The van der Waals surface area contributed by atoms with Crippen LogP contribution in [0.4, 0.5) is 0 Å². The molecule has 0 aliphatic carbocycles. The molecule has 0 unspecified atom stereocenters. The van der Waals surface area contributed by atoms with Crippen molar-refractivity contribution in [3.63, 3.8) is 0 Å². The van der Waals surface area contributed by atoms with Gasteiger partial charge in [-0.2, -0.15) is 8.61 Å². The van der Waals surface area contributed by atoms with Gasteiger partial charge in [0.05, 0.1) is 23.5 Å². The van der Waals surface area contributed by atoms with Crippen LogP contribution in [0.1, 0.15) is 37.3 Å². The van der Waals surface area contributed by atoms with Gasteiger partial charge in [0.25, 0.3) is 0 Å². The third-order valence-corrected chi connectivity index (χ3v) is 10.3. The number of hydrogen-bond donors (Lipinski definition) is 0. The molecule has 0 saturated carbocycles. The summed E-state index contributed by atoms with van der Waals surface area (Å²) in [5, 5.41) is 0. The van der Waals surface area contributed by atoms with Gasteiger partial charge in [-0.15, -0.1) is 0 Å². The first-order valence-corrected chi connectivity index (χ1v) is 15.6. The number of nitrogens with zero attached hydrogens (tertiary/aromatic N) is 2. The Morgan fingerprint density at radius 3 is 2.05 bits per heavy atom. The van der Waals surface area contributed by atoms with Gasteiger partial charge >= 0.3 is 0 Å². The van der Waals surface area contributed by atoms with E-state index >= 15 is 0 Å². The molecule has 1 aliphatic heterocycles. The molecule has 0 bridgehead atoms. The first kappa shape index (κ1) is 28.1. The Hall–Kier alpha value is -2.92. The Morgan fingerprint density at radius 1 is 0.789 bits per heavy atom. The summed E-state index contributed by atoms with van der Waals surface area (Å²) in [6, 6.07) is 20.1. The van der Waals surface area contributed by atoms with E-state index in [1.807, 2.05) is 43.3 Å². The molecule has 38 heavy (non-hydrogen) atoms. The van der Waals surface area contributed by atoms with Gasteiger partial charge in [0.15, 0.2) is 0 Å². The average Bonchev–Trinajstić information content (AvgIpc) is 2.94. The molecule has 3 aromatic carbocycles. The topological polar surface area (TPSA) is 93.2 Å². The van der Waals surface area contributed by atoms with Gasteiger partial charge in [0, 0.05) is 31.7 Å². The van der Waals surface area contributed by atoms with Gasteiger partial charge < -0.3 is 9.47 Å². The van der Waals surface area contributed by atoms with E-state index in [4.69, 9.17) is 9.47 Å². The Kier molecular flexibility index (Phi) is 9.09. The van der Waals surface area contributed by atoms with Crippen molar-refractivity contribution in [2.45, 2.75) is 49.1 Å². The van der Waals surface area contributed by atoms with Crippen molar-refractivity contribution in [3.05, 3.63) is 83.9 Å². The van der Waals surface area contributed by atoms with Crippen LogP contribution in [0.3, 0.4) is 0 Å². The fraction of sp³-hybridized carbons (Fsp3) is 0.357. The molecule has 204 valence electrons. The highest BCUT2D eigenvalue weighted by atomic mass is 32.2. The lowest BCUT2D eigenvalue weighted by Crippen LogP contribution is -2.35. The van der Waals surface area contributed by atoms with Gasteiger partial charge in [0.2, 0.25) is 20.0 Å². The lowest BCUT2D eigenvalue weighted by Gasteiger charge is -2.26. The summed E-state index contributed by atoms with van der Waals surface area (Å²) in [4.78, 5) is 0.124. The zero-order valence-electron chi connectivity index (χ0n) is 21.7. The fourth-order valence-corrected chi connectivity index (χ4v) is 7.39. The highest BCUT2D eigenvalue weighted by Crippen LogP contribution is 2.28. The van der Waals surface area contributed by atoms with E-state index in [0.717, 1.165) is 30.4 Å². The molecular weight excluding hydrogens is 524 g/mol. The molecule has 0 amide bonds. The van der Waals surface area contributed by atoms with Crippen molar-refractivity contribution in [2.75, 3.05) is 26.8 Å². The number of piperidine rings is 1. The van der Waals surface area contributed by atoms with Crippen LogP contribution in [0, 0.1) is 0 Å². The molecule has 1 heterocycles. The average molecular weight is 559 g/mol. The fourth-order valence-electron chi connectivity index (χ4n) is 4.47. The van der Waals surface area contributed by atoms with Crippen molar-refractivity contribution in [1.29, 1.82) is 0 Å². The molecule has 0 radical (unpaired) electrons. The predicted octanol–water partition coefficient (Wildman–Crippen LogP) is 4.66. The van der Waals surface area contributed by atoms with Crippen LogP contribution in [-0.2, 0) is 33.1 Å². The number of methoxy groups -OCH3 is 1. The van der Waals surface area contributed by atoms with Gasteiger partial charge in [-0.05, 0) is 67.8 Å². The normalized spacial score (nSPS) is 14.9. The standard InChI is InChI=1S/C28H34N2O6S2/c1-3-36-28-10-6-5-9-24(28)22-30(21-23-11-13-25(35-2)14-12-23)38(33,34)27-17-15-26(16-18-27)37(31,32)29-19-7-4-8-20-29/h5-6,9-18H,3-4,7-8,19-22H2,1-2H3. The van der Waals surface area contributed by atoms with Crippen LogP contribution < -0.4 is 9.47 Å². The van der Waals surface area contributed by atoms with Crippen molar-refractivity contribution in [2.24, 2.45) is 0 Å². The van der Waals surface area contributed by atoms with Crippen LogP contribution in [0.15, 0.2) is 82.6 Å². The molecule has 1 aliphatic rings. The lowest BCUT2D eigenvalue weighted by atomic mass is 10.2. The van der Waals surface area contributed by atoms with E-state index in [-0.39, 0.29) is 22.9 Å². The van der Waals surface area contributed by atoms with E-state index in [2.05, 4.69) is 0 Å². The second-order valence-electron chi connectivity index (χ2n) is 9.10. The van der Waals surface area contributed by atoms with Crippen molar-refractivity contribution < 1.29 is 26.3 Å². The van der Waals surface area contributed by atoms with E-state index in [1.165, 1.54) is 32.9 Å². The maximum atomic E-state index is 13.9. The van der Waals surface area contributed by atoms with Crippen molar-refractivity contribution in [1.82, 2.24) is 8.61 Å². The zero-order valence-corrected chi connectivity index (χ0v) is 23.4. The largest absolute Gasteiger partial charge is 0.497 e. The van der Waals surface area contributed by atoms with Crippen LogP contribution in [-0.4, -0.2) is 52.3 Å². The Labute approximate surface area is 225 Å². The van der Waals surface area contributed by atoms with Gasteiger partial charge in [-0.25, -0.2) is 16.8 Å². The van der Waals surface area contributed by atoms with E-state index in [9.17, 15) is 16.8 Å². The van der Waals surface area contributed by atoms with E-state index < -0.39 is 20.0 Å². The molecule has 10 heteroatoms. The molecule has 1 fully saturated rings. The van der Waals surface area contributed by atoms with Crippen LogP contribution in [0.25, 0.3) is 0 Å². The number of benzene rings is 3. The number of rotatable bonds is 11. The summed E-state index contributed by atoms with van der Waals surface area (Å²) in [6.45, 7) is 3.49. The van der Waals surface area contributed by atoms with Crippen molar-refractivity contribution in [3.8, 4) is 11.5 Å². The summed E-state index contributed by atoms with van der Waals surface area (Å²) >= 11 is 0. The zero-order chi connectivity index (χ0) is 27.2. The van der Waals surface area contributed by atoms with Crippen LogP contribution in [0.2, 0.25) is 0 Å². The highest BCUT2D eigenvalue weighted by molar-refractivity contribution is 7.89. The Bertz CT molecular complexity index is 1420. The van der Waals surface area contributed by atoms with Gasteiger partial charge in [-0.1, -0.05) is 36.8 Å². The molecule has 0 atom stereocenters.